The van der Waals surface area contributed by atoms with E-state index in [2.05, 4.69) is 6.07 Å². The van der Waals surface area contributed by atoms with Crippen molar-refractivity contribution in [2.75, 3.05) is 40.0 Å². The molecule has 0 amide bonds. The molecule has 0 spiro atoms. The molecule has 0 aliphatic heterocycles. The van der Waals surface area contributed by atoms with E-state index in [9.17, 15) is 4.79 Å². The van der Waals surface area contributed by atoms with E-state index in [0.29, 0.717) is 26.3 Å². The second-order valence-electron chi connectivity index (χ2n) is 5.19. The Kier molecular flexibility index (Phi) is 7.79. The van der Waals surface area contributed by atoms with E-state index in [1.807, 2.05) is 30.9 Å². The van der Waals surface area contributed by atoms with Crippen molar-refractivity contribution in [3.05, 3.63) is 29.3 Å². The number of hydrogen-bond donors (Lipinski definition) is 1. The van der Waals surface area contributed by atoms with E-state index in [4.69, 9.17) is 14.6 Å². The van der Waals surface area contributed by atoms with Crippen LogP contribution in [-0.4, -0.2) is 55.9 Å². The number of aliphatic carboxylic acids is 1. The van der Waals surface area contributed by atoms with Crippen LogP contribution in [-0.2, 0) is 9.53 Å². The number of ether oxygens (including phenoxy) is 2. The van der Waals surface area contributed by atoms with E-state index >= 15 is 0 Å². The highest BCUT2D eigenvalue weighted by Crippen LogP contribution is 2.16. The molecule has 0 saturated carbocycles. The van der Waals surface area contributed by atoms with E-state index in [1.165, 1.54) is 11.1 Å². The lowest BCUT2D eigenvalue weighted by molar-refractivity contribution is -0.138. The molecule has 0 unspecified atom stereocenters. The molecule has 1 aromatic rings. The number of aryl methyl sites for hydroxylation is 2. The molecule has 0 fully saturated rings. The summed E-state index contributed by atoms with van der Waals surface area (Å²) in [4.78, 5) is 12.6. The topological polar surface area (TPSA) is 59.0 Å². The summed E-state index contributed by atoms with van der Waals surface area (Å²) < 4.78 is 10.7. The molecule has 1 N–H and O–H groups in total. The van der Waals surface area contributed by atoms with Crippen molar-refractivity contribution in [2.45, 2.75) is 20.3 Å². The van der Waals surface area contributed by atoms with Gasteiger partial charge in [-0.05, 0) is 43.5 Å². The van der Waals surface area contributed by atoms with Crippen LogP contribution < -0.4 is 4.74 Å². The zero-order valence-electron chi connectivity index (χ0n) is 13.1. The van der Waals surface area contributed by atoms with Crippen molar-refractivity contribution in [1.29, 1.82) is 0 Å². The monoisotopic (exact) mass is 295 g/mol. The summed E-state index contributed by atoms with van der Waals surface area (Å²) in [5.74, 6) is 0.0514. The lowest BCUT2D eigenvalue weighted by Crippen LogP contribution is -2.34. The highest BCUT2D eigenvalue weighted by atomic mass is 16.5. The summed E-state index contributed by atoms with van der Waals surface area (Å²) in [7, 11) is 1.61. The number of hydrogen-bond acceptors (Lipinski definition) is 4. The molecule has 0 aliphatic carbocycles. The van der Waals surface area contributed by atoms with Gasteiger partial charge in [-0.25, -0.2) is 0 Å². The van der Waals surface area contributed by atoms with Crippen LogP contribution in [0, 0.1) is 13.8 Å². The summed E-state index contributed by atoms with van der Waals surface area (Å²) in [6, 6.07) is 6.12. The van der Waals surface area contributed by atoms with Crippen molar-refractivity contribution in [3.63, 3.8) is 0 Å². The Morgan fingerprint density at radius 1 is 1.14 bits per heavy atom. The summed E-state index contributed by atoms with van der Waals surface area (Å²) in [6.07, 6.45) is 0.782. The van der Waals surface area contributed by atoms with Gasteiger partial charge in [0.2, 0.25) is 0 Å². The van der Waals surface area contributed by atoms with Crippen molar-refractivity contribution < 1.29 is 19.4 Å². The molecule has 0 heterocycles. The molecule has 5 heteroatoms. The fourth-order valence-electron chi connectivity index (χ4n) is 2.18. The first kappa shape index (κ1) is 17.5. The van der Waals surface area contributed by atoms with Crippen LogP contribution in [0.3, 0.4) is 0 Å². The lowest BCUT2D eigenvalue weighted by Gasteiger charge is -2.19. The lowest BCUT2D eigenvalue weighted by atomic mass is 10.1. The van der Waals surface area contributed by atoms with E-state index in [0.717, 1.165) is 12.2 Å². The maximum atomic E-state index is 10.8. The van der Waals surface area contributed by atoms with E-state index < -0.39 is 5.97 Å². The fraction of sp³-hybridized carbons (Fsp3) is 0.562. The van der Waals surface area contributed by atoms with Crippen LogP contribution in [0.1, 0.15) is 17.5 Å². The van der Waals surface area contributed by atoms with Gasteiger partial charge in [0.25, 0.3) is 0 Å². The van der Waals surface area contributed by atoms with Crippen molar-refractivity contribution in [3.8, 4) is 5.75 Å². The van der Waals surface area contributed by atoms with E-state index in [1.54, 1.807) is 7.11 Å². The smallest absolute Gasteiger partial charge is 0.317 e. The number of nitrogens with zero attached hydrogens (tertiary/aromatic N) is 1. The Balaban J connectivity index is 2.34. The van der Waals surface area contributed by atoms with Crippen molar-refractivity contribution in [2.24, 2.45) is 0 Å². The van der Waals surface area contributed by atoms with Crippen LogP contribution in [0.2, 0.25) is 0 Å². The van der Waals surface area contributed by atoms with Crippen LogP contribution in [0.5, 0.6) is 5.75 Å². The van der Waals surface area contributed by atoms with Crippen molar-refractivity contribution in [1.82, 2.24) is 4.90 Å². The molecular weight excluding hydrogens is 270 g/mol. The van der Waals surface area contributed by atoms with Gasteiger partial charge in [0.15, 0.2) is 0 Å². The highest BCUT2D eigenvalue weighted by molar-refractivity contribution is 5.69. The van der Waals surface area contributed by atoms with E-state index in [-0.39, 0.29) is 6.54 Å². The molecule has 0 atom stereocenters. The Morgan fingerprint density at radius 3 is 2.38 bits per heavy atom. The van der Waals surface area contributed by atoms with Crippen LogP contribution in [0.25, 0.3) is 0 Å². The normalized spacial score (nSPS) is 10.9. The number of rotatable bonds is 10. The number of carbonyl (C=O) groups is 1. The summed E-state index contributed by atoms with van der Waals surface area (Å²) in [6.45, 7) is 6.52. The Bertz CT molecular complexity index is 428. The summed E-state index contributed by atoms with van der Waals surface area (Å²) in [5, 5.41) is 8.87. The number of methoxy groups -OCH3 is 1. The van der Waals surface area contributed by atoms with Gasteiger partial charge in [0.1, 0.15) is 5.75 Å². The largest absolute Gasteiger partial charge is 0.494 e. The maximum Gasteiger partial charge on any atom is 0.317 e. The summed E-state index contributed by atoms with van der Waals surface area (Å²) >= 11 is 0. The third kappa shape index (κ3) is 7.68. The van der Waals surface area contributed by atoms with Gasteiger partial charge in [-0.15, -0.1) is 0 Å². The first-order chi connectivity index (χ1) is 10.0. The van der Waals surface area contributed by atoms with Gasteiger partial charge in [0.05, 0.1) is 19.8 Å². The third-order valence-electron chi connectivity index (χ3n) is 3.05. The van der Waals surface area contributed by atoms with Crippen LogP contribution in [0.4, 0.5) is 0 Å². The average Bonchev–Trinajstić information content (AvgIpc) is 2.39. The number of carboxylic acids is 1. The standard InChI is InChI=1S/C16H25NO4/c1-13-9-14(2)11-15(10-13)21-7-4-5-17(6-8-20-3)12-16(18)19/h9-11H,4-8,12H2,1-3H3,(H,18,19). The van der Waals surface area contributed by atoms with Gasteiger partial charge in [0, 0.05) is 20.2 Å². The molecule has 0 aliphatic rings. The molecule has 118 valence electrons. The SMILES string of the molecule is COCCN(CCCOc1cc(C)cc(C)c1)CC(=O)O. The molecule has 1 rings (SSSR count). The third-order valence-corrected chi connectivity index (χ3v) is 3.05. The van der Waals surface area contributed by atoms with Crippen LogP contribution in [0.15, 0.2) is 18.2 Å². The Morgan fingerprint density at radius 2 is 1.81 bits per heavy atom. The molecule has 21 heavy (non-hydrogen) atoms. The first-order valence-electron chi connectivity index (χ1n) is 7.15. The van der Waals surface area contributed by atoms with Crippen LogP contribution >= 0.6 is 0 Å². The minimum Gasteiger partial charge on any atom is -0.494 e. The number of carboxylic acid groups (broad SMARTS) is 1. The van der Waals surface area contributed by atoms with Gasteiger partial charge >= 0.3 is 5.97 Å². The predicted molar refractivity (Wildman–Crippen MR) is 82.0 cm³/mol. The predicted octanol–water partition coefficient (Wildman–Crippen LogP) is 2.11. The number of benzene rings is 1. The molecule has 1 aromatic carbocycles. The zero-order chi connectivity index (χ0) is 15.7. The molecular formula is C16H25NO4. The zero-order valence-corrected chi connectivity index (χ0v) is 13.1. The first-order valence-corrected chi connectivity index (χ1v) is 7.15. The minimum absolute atomic E-state index is 0.0346. The summed E-state index contributed by atoms with van der Waals surface area (Å²) in [5.41, 5.74) is 2.36. The van der Waals surface area contributed by atoms with Gasteiger partial charge in [-0.1, -0.05) is 6.07 Å². The van der Waals surface area contributed by atoms with Crippen molar-refractivity contribution >= 4 is 5.97 Å². The molecule has 0 radical (unpaired) electrons. The molecule has 0 aromatic heterocycles. The molecule has 0 bridgehead atoms. The average molecular weight is 295 g/mol. The van der Waals surface area contributed by atoms with Gasteiger partial charge < -0.3 is 14.6 Å². The highest BCUT2D eigenvalue weighted by Gasteiger charge is 2.09. The second kappa shape index (κ2) is 9.37. The molecule has 0 saturated heterocycles. The Hall–Kier alpha value is -1.59. The van der Waals surface area contributed by atoms with Gasteiger partial charge in [-0.2, -0.15) is 0 Å². The maximum absolute atomic E-state index is 10.8. The second-order valence-corrected chi connectivity index (χ2v) is 5.19. The minimum atomic E-state index is -0.818. The Labute approximate surface area is 126 Å². The van der Waals surface area contributed by atoms with Gasteiger partial charge in [-0.3, -0.25) is 9.69 Å². The quantitative estimate of drug-likeness (QED) is 0.670. The fourth-order valence-corrected chi connectivity index (χ4v) is 2.18. The molecule has 5 nitrogen and oxygen atoms in total.